The van der Waals surface area contributed by atoms with Gasteiger partial charge in [0.05, 0.1) is 56.1 Å². The number of carbonyl (C=O) groups excluding carboxylic acids is 9. The lowest BCUT2D eigenvalue weighted by Crippen LogP contribution is -2.42. The third kappa shape index (κ3) is 24.1. The molecule has 0 aliphatic carbocycles. The van der Waals surface area contributed by atoms with E-state index in [1.807, 2.05) is 91.0 Å². The summed E-state index contributed by atoms with van der Waals surface area (Å²) in [6.07, 6.45) is 0.874. The van der Waals surface area contributed by atoms with E-state index in [0.717, 1.165) is 16.7 Å². The van der Waals surface area contributed by atoms with Crippen LogP contribution in [0.2, 0.25) is 0 Å². The molecule has 6 aromatic carbocycles. The summed E-state index contributed by atoms with van der Waals surface area (Å²) in [4.78, 5) is 121. The molecule has 0 heterocycles. The fourth-order valence-electron chi connectivity index (χ4n) is 9.71. The summed E-state index contributed by atoms with van der Waals surface area (Å²) in [5.74, 6) is -2.70. The second-order valence-electron chi connectivity index (χ2n) is 21.5. The molecule has 0 saturated carbocycles. The second-order valence-corrected chi connectivity index (χ2v) is 21.5. The highest BCUT2D eigenvalue weighted by Crippen LogP contribution is 2.25. The number of rotatable bonds is 38. The average Bonchev–Trinajstić information content (AvgIpc) is 1.19. The van der Waals surface area contributed by atoms with Gasteiger partial charge in [-0.1, -0.05) is 109 Å². The van der Waals surface area contributed by atoms with Gasteiger partial charge in [0.2, 0.25) is 0 Å². The van der Waals surface area contributed by atoms with Crippen molar-refractivity contribution in [3.63, 3.8) is 0 Å². The molecule has 6 aromatic rings. The summed E-state index contributed by atoms with van der Waals surface area (Å²) in [6.45, 7) is 1.03. The van der Waals surface area contributed by atoms with Crippen molar-refractivity contribution in [3.8, 4) is 17.2 Å². The maximum absolute atomic E-state index is 14.6. The van der Waals surface area contributed by atoms with Crippen molar-refractivity contribution >= 4 is 53.4 Å². The molecule has 6 amide bonds. The van der Waals surface area contributed by atoms with E-state index in [-0.39, 0.29) is 105 Å². The Morgan fingerprint density at radius 2 is 0.703 bits per heavy atom. The van der Waals surface area contributed by atoms with E-state index in [1.165, 1.54) is 51.7 Å². The van der Waals surface area contributed by atoms with E-state index < -0.39 is 65.7 Å². The quantitative estimate of drug-likeness (QED) is 0.0141. The Kier molecular flexibility index (Phi) is 29.0. The molecule has 0 unspecified atom stereocenters. The van der Waals surface area contributed by atoms with Crippen LogP contribution >= 0.6 is 0 Å². The molecule has 0 aromatic heterocycles. The summed E-state index contributed by atoms with van der Waals surface area (Å²) < 4.78 is 32.4. The summed E-state index contributed by atoms with van der Waals surface area (Å²) in [6, 6.07) is 38.5. The van der Waals surface area contributed by atoms with Crippen LogP contribution in [0.3, 0.4) is 0 Å². The molecule has 0 aliphatic heterocycles. The van der Waals surface area contributed by atoms with Crippen molar-refractivity contribution in [3.05, 3.63) is 196 Å². The van der Waals surface area contributed by atoms with Gasteiger partial charge in [0.25, 0.3) is 17.7 Å². The Bertz CT molecular complexity index is 3390. The van der Waals surface area contributed by atoms with Gasteiger partial charge in [-0.25, -0.2) is 14.4 Å². The van der Waals surface area contributed by atoms with Crippen molar-refractivity contribution in [2.45, 2.75) is 115 Å². The van der Waals surface area contributed by atoms with Gasteiger partial charge in [0.1, 0.15) is 37.1 Å². The molecular weight excluding hydrogens is 1170 g/mol. The first-order valence-electron chi connectivity index (χ1n) is 30.1. The Morgan fingerprint density at radius 1 is 0.385 bits per heavy atom. The molecule has 22 heteroatoms. The Balaban J connectivity index is 1.13. The Morgan fingerprint density at radius 3 is 1.04 bits per heavy atom. The topological polar surface area (TPSA) is 321 Å². The zero-order valence-electron chi connectivity index (χ0n) is 51.6. The molecule has 0 saturated heterocycles. The number of amides is 6. The molecule has 9 N–H and O–H groups in total. The smallest absolute Gasteiger partial charge is 0.407 e. The van der Waals surface area contributed by atoms with Crippen molar-refractivity contribution in [2.75, 3.05) is 41.0 Å². The molecule has 0 bridgehead atoms. The Hall–Kier alpha value is -10.1. The van der Waals surface area contributed by atoms with Crippen LogP contribution in [0, 0.1) is 0 Å². The number of ether oxygens (including phenoxy) is 6. The van der Waals surface area contributed by atoms with E-state index in [2.05, 4.69) is 26.6 Å². The normalized spacial score (nSPS) is 11.7. The molecule has 0 radical (unpaired) electrons. The summed E-state index contributed by atoms with van der Waals surface area (Å²) in [7, 11) is 4.14. The SMILES string of the molecule is COc1ccc(CC(=O)[C@H](CCCCNC(=O)OCc2ccccc2)NC(=O)c2cc(CC(=O)[C@H](CCCCNC(=O)OCc3ccccc3)NC(=O)c3cc(CC(=O)[C@@H](N)CCCCNC(=O)OCc4ccccc4)ccc3OC)ccc2OC)cc1C(N)=O. The number of nitrogens with two attached hydrogens (primary N) is 2. The number of Topliss-reactive ketones (excluding diaryl/α,β-unsaturated/α-hetero) is 3. The third-order valence-corrected chi connectivity index (χ3v) is 14.7. The van der Waals surface area contributed by atoms with Crippen LogP contribution in [0.1, 0.15) is 122 Å². The van der Waals surface area contributed by atoms with E-state index in [9.17, 15) is 43.2 Å². The summed E-state index contributed by atoms with van der Waals surface area (Å²) in [5.41, 5.74) is 15.8. The molecule has 0 aliphatic rings. The van der Waals surface area contributed by atoms with Crippen LogP contribution in [-0.4, -0.2) is 112 Å². The van der Waals surface area contributed by atoms with E-state index in [4.69, 9.17) is 39.9 Å². The monoisotopic (exact) mass is 1250 g/mol. The van der Waals surface area contributed by atoms with Crippen molar-refractivity contribution < 1.29 is 71.6 Å². The minimum Gasteiger partial charge on any atom is -0.496 e. The van der Waals surface area contributed by atoms with E-state index in [1.54, 1.807) is 24.3 Å². The number of nitrogens with one attached hydrogen (secondary N) is 5. The van der Waals surface area contributed by atoms with Gasteiger partial charge in [-0.05, 0) is 128 Å². The first-order valence-corrected chi connectivity index (χ1v) is 30.1. The average molecular weight is 1250 g/mol. The molecule has 6 rings (SSSR count). The molecule has 91 heavy (non-hydrogen) atoms. The number of carbonyl (C=O) groups is 9. The van der Waals surface area contributed by atoms with Crippen LogP contribution in [0.15, 0.2) is 146 Å². The minimum atomic E-state index is -1.12. The van der Waals surface area contributed by atoms with Crippen LogP contribution in [0.25, 0.3) is 0 Å². The van der Waals surface area contributed by atoms with Gasteiger partial charge in [-0.3, -0.25) is 28.8 Å². The lowest BCUT2D eigenvalue weighted by molar-refractivity contribution is -0.121. The third-order valence-electron chi connectivity index (χ3n) is 14.7. The predicted molar refractivity (Wildman–Crippen MR) is 340 cm³/mol. The standard InChI is InChI=1S/C69H81N7O15/c1-86-61-31-28-49(37-52(61)64(71)80)41-59(78)56(26-14-17-35-73-68(84)90-44-47-21-9-5-10-22-47)75-66(82)54-39-51(30-33-63(54)88-3)42-60(79)57(27-15-18-36-74-69(85)91-45-48-23-11-6-12-24-48)76-65(81)53-38-50(29-32-62(53)87-2)40-58(77)55(70)25-13-16-34-72-67(83)89-43-46-19-7-4-8-20-46/h4-12,19-24,28-33,37-39,55-57H,13-18,25-27,34-36,40-45,70H2,1-3H3,(H2,71,80)(H,72,83)(H,73,84)(H,74,85)(H,75,82)(H,76,81)/t55-,56-,57-/m0/s1. The number of ketones is 3. The van der Waals surface area contributed by atoms with E-state index >= 15 is 0 Å². The number of benzene rings is 6. The van der Waals surface area contributed by atoms with Gasteiger partial charge in [-0.2, -0.15) is 0 Å². The molecule has 0 fully saturated rings. The highest BCUT2D eigenvalue weighted by molar-refractivity contribution is 6.02. The molecule has 482 valence electrons. The minimum absolute atomic E-state index is 0.00396. The van der Waals surface area contributed by atoms with Crippen LogP contribution in [0.5, 0.6) is 17.2 Å². The number of primary amides is 1. The number of methoxy groups -OCH3 is 3. The number of unbranched alkanes of at least 4 members (excludes halogenated alkanes) is 3. The molecular formula is C69H81N7O15. The summed E-state index contributed by atoms with van der Waals surface area (Å²) >= 11 is 0. The van der Waals surface area contributed by atoms with Crippen LogP contribution < -0.4 is 52.3 Å². The highest BCUT2D eigenvalue weighted by Gasteiger charge is 2.28. The zero-order valence-corrected chi connectivity index (χ0v) is 51.6. The van der Waals surface area contributed by atoms with E-state index in [0.29, 0.717) is 68.2 Å². The number of hydrogen-bond acceptors (Lipinski definition) is 16. The fourth-order valence-corrected chi connectivity index (χ4v) is 9.71. The lowest BCUT2D eigenvalue weighted by atomic mass is 9.96. The largest absolute Gasteiger partial charge is 0.496 e. The molecule has 0 spiro atoms. The maximum atomic E-state index is 14.6. The molecule has 3 atom stereocenters. The predicted octanol–water partition coefficient (Wildman–Crippen LogP) is 8.36. The van der Waals surface area contributed by atoms with Crippen molar-refractivity contribution in [1.29, 1.82) is 0 Å². The summed E-state index contributed by atoms with van der Waals surface area (Å²) in [5, 5.41) is 13.9. The zero-order chi connectivity index (χ0) is 65.3. The first kappa shape index (κ1) is 70.0. The highest BCUT2D eigenvalue weighted by atomic mass is 16.6. The number of hydrogen-bond donors (Lipinski definition) is 7. The van der Waals surface area contributed by atoms with Gasteiger partial charge in [0.15, 0.2) is 17.3 Å². The fraction of sp³-hybridized carbons (Fsp3) is 0.348. The second kappa shape index (κ2) is 37.7. The van der Waals surface area contributed by atoms with Crippen LogP contribution in [0.4, 0.5) is 14.4 Å². The van der Waals surface area contributed by atoms with Crippen LogP contribution in [-0.2, 0) is 67.7 Å². The maximum Gasteiger partial charge on any atom is 0.407 e. The lowest BCUT2D eigenvalue weighted by Gasteiger charge is -2.21. The van der Waals surface area contributed by atoms with Gasteiger partial charge in [0, 0.05) is 38.9 Å². The van der Waals surface area contributed by atoms with Crippen molar-refractivity contribution in [2.24, 2.45) is 11.5 Å². The van der Waals surface area contributed by atoms with Gasteiger partial charge >= 0.3 is 18.3 Å². The number of alkyl carbamates (subject to hydrolysis) is 3. The molecule has 22 nitrogen and oxygen atoms in total. The Labute approximate surface area is 529 Å². The van der Waals surface area contributed by atoms with Gasteiger partial charge < -0.3 is 66.5 Å². The van der Waals surface area contributed by atoms with Gasteiger partial charge in [-0.15, -0.1) is 0 Å². The van der Waals surface area contributed by atoms with Crippen molar-refractivity contribution in [1.82, 2.24) is 26.6 Å². The first-order chi connectivity index (χ1) is 44.0.